The van der Waals surface area contributed by atoms with E-state index in [4.69, 9.17) is 0 Å². The van der Waals surface area contributed by atoms with Crippen LogP contribution in [0.2, 0.25) is 0 Å². The van der Waals surface area contributed by atoms with Crippen molar-refractivity contribution in [2.45, 2.75) is 19.3 Å². The Morgan fingerprint density at radius 3 is 1.03 bits per heavy atom. The van der Waals surface area contributed by atoms with Gasteiger partial charge < -0.3 is 0 Å². The first kappa shape index (κ1) is 19.9. The Balaban J connectivity index is 2.08. The monoisotopic (exact) mass is 407 g/mol. The van der Waals surface area contributed by atoms with E-state index in [-0.39, 0.29) is 0 Å². The van der Waals surface area contributed by atoms with Crippen molar-refractivity contribution >= 4 is 22.5 Å². The van der Waals surface area contributed by atoms with Crippen LogP contribution in [0, 0.1) is 34.0 Å². The van der Waals surface area contributed by atoms with Crippen LogP contribution in [0.25, 0.3) is 0 Å². The van der Waals surface area contributed by atoms with Crippen LogP contribution in [0.15, 0.2) is 72.8 Å². The molecule has 0 amide bonds. The summed E-state index contributed by atoms with van der Waals surface area (Å²) in [6.45, 7) is -2.81. The Morgan fingerprint density at radius 2 is 0.767 bits per heavy atom. The minimum absolute atomic E-state index is 0.659. The number of benzene rings is 3. The van der Waals surface area contributed by atoms with Crippen molar-refractivity contribution in [3.05, 3.63) is 89.5 Å². The fourth-order valence-electron chi connectivity index (χ4n) is 5.12. The number of hydrogen-bond donors (Lipinski definition) is 0. The normalized spacial score (nSPS) is 18.0. The van der Waals surface area contributed by atoms with Gasteiger partial charge in [-0.05, 0) is 0 Å². The van der Waals surface area contributed by atoms with Gasteiger partial charge in [0.1, 0.15) is 0 Å². The topological polar surface area (TPSA) is 71.4 Å². The van der Waals surface area contributed by atoms with Gasteiger partial charge in [0, 0.05) is 0 Å². The number of hydrogen-bond acceptors (Lipinski definition) is 3. The predicted molar refractivity (Wildman–Crippen MR) is 123 cm³/mol. The van der Waals surface area contributed by atoms with Crippen LogP contribution in [0.3, 0.4) is 0 Å². The van der Waals surface area contributed by atoms with E-state index in [1.807, 2.05) is 36.4 Å². The fourth-order valence-corrected chi connectivity index (χ4v) is 12.2. The van der Waals surface area contributed by atoms with Gasteiger partial charge in [0.2, 0.25) is 0 Å². The van der Waals surface area contributed by atoms with E-state index in [1.165, 1.54) is 22.3 Å². The number of nitriles is 3. The van der Waals surface area contributed by atoms with Gasteiger partial charge in [0.25, 0.3) is 0 Å². The van der Waals surface area contributed by atoms with Gasteiger partial charge >= 0.3 is 178 Å². The molecule has 3 aromatic rings. The zero-order chi connectivity index (χ0) is 21.1. The van der Waals surface area contributed by atoms with E-state index in [0.29, 0.717) is 16.7 Å². The van der Waals surface area contributed by atoms with E-state index in [2.05, 4.69) is 54.6 Å². The molecule has 0 atom stereocenters. The van der Waals surface area contributed by atoms with Gasteiger partial charge in [-0.15, -0.1) is 0 Å². The molecular weight excluding hydrogens is 385 g/mol. The Morgan fingerprint density at radius 1 is 0.467 bits per heavy atom. The van der Waals surface area contributed by atoms with Gasteiger partial charge in [0.05, 0.1) is 0 Å². The Bertz CT molecular complexity index is 1040. The zero-order valence-electron chi connectivity index (χ0n) is 16.8. The molecule has 1 heterocycles. The van der Waals surface area contributed by atoms with E-state index < -0.39 is 6.60 Å². The molecule has 30 heavy (non-hydrogen) atoms. The molecule has 3 nitrogen and oxygen atoms in total. The number of nitrogens with zero attached hydrogens (tertiary/aromatic N) is 3. The maximum absolute atomic E-state index is 9.32. The van der Waals surface area contributed by atoms with Gasteiger partial charge in [-0.2, -0.15) is 0 Å². The molecular formula is C26H22N3P. The summed E-state index contributed by atoms with van der Waals surface area (Å²) in [6.07, 6.45) is 5.61. The van der Waals surface area contributed by atoms with E-state index in [9.17, 15) is 15.8 Å². The molecule has 0 saturated carbocycles. The third-order valence-corrected chi connectivity index (χ3v) is 13.9. The molecule has 0 spiro atoms. The molecule has 0 aromatic heterocycles. The average Bonchev–Trinajstić information content (AvgIpc) is 2.84. The van der Waals surface area contributed by atoms with E-state index in [1.54, 1.807) is 0 Å². The van der Waals surface area contributed by atoms with Crippen LogP contribution in [-0.4, -0.2) is 12.3 Å². The third kappa shape index (κ3) is 2.90. The summed E-state index contributed by atoms with van der Waals surface area (Å²) >= 11 is 0. The molecule has 0 unspecified atom stereocenters. The fraction of sp³-hybridized carbons (Fsp3) is 0.192. The molecule has 1 saturated heterocycles. The molecule has 0 N–H and O–H groups in total. The molecule has 146 valence electrons. The first-order chi connectivity index (χ1) is 14.7. The van der Waals surface area contributed by atoms with Crippen LogP contribution in [0.1, 0.15) is 36.0 Å². The second-order valence-electron chi connectivity index (χ2n) is 7.99. The van der Waals surface area contributed by atoms with Crippen LogP contribution in [0.5, 0.6) is 0 Å². The molecule has 0 radical (unpaired) electrons. The van der Waals surface area contributed by atoms with E-state index in [0.717, 1.165) is 25.2 Å². The van der Waals surface area contributed by atoms with Crippen LogP contribution < -0.4 is 15.9 Å². The van der Waals surface area contributed by atoms with Crippen molar-refractivity contribution in [1.29, 1.82) is 15.8 Å². The van der Waals surface area contributed by atoms with Crippen molar-refractivity contribution in [1.82, 2.24) is 0 Å². The summed E-state index contributed by atoms with van der Waals surface area (Å²) in [5.74, 6) is 0. The zero-order valence-corrected chi connectivity index (χ0v) is 17.6. The summed E-state index contributed by atoms with van der Waals surface area (Å²) in [5, 5.41) is 31.8. The molecule has 4 heteroatoms. The summed E-state index contributed by atoms with van der Waals surface area (Å²) in [6, 6.07) is 31.1. The van der Waals surface area contributed by atoms with Gasteiger partial charge in [-0.1, -0.05) is 0 Å². The number of rotatable bonds is 3. The average molecular weight is 407 g/mol. The first-order valence-electron chi connectivity index (χ1n) is 10.2. The van der Waals surface area contributed by atoms with E-state index >= 15 is 0 Å². The predicted octanol–water partition coefficient (Wildman–Crippen LogP) is 4.32. The third-order valence-electron chi connectivity index (χ3n) is 6.66. The molecule has 1 aliphatic heterocycles. The maximum atomic E-state index is 9.32. The second kappa shape index (κ2) is 7.76. The van der Waals surface area contributed by atoms with Crippen molar-refractivity contribution in [3.63, 3.8) is 0 Å². The van der Waals surface area contributed by atoms with Gasteiger partial charge in [-0.25, -0.2) is 0 Å². The molecule has 1 fully saturated rings. The van der Waals surface area contributed by atoms with Gasteiger partial charge in [-0.3, -0.25) is 0 Å². The minimum atomic E-state index is -2.81. The Kier molecular flexibility index (Phi) is 5.14. The first-order valence-corrected chi connectivity index (χ1v) is 12.8. The Hall–Kier alpha value is -3.44. The van der Waals surface area contributed by atoms with Crippen LogP contribution in [0.4, 0.5) is 0 Å². The SMILES string of the molecule is N#Cc1ccc(P2(c3ccc(C#N)cc3)(c3ccc(C#N)cc3)CCCCC2)cc1. The van der Waals surface area contributed by atoms with Crippen molar-refractivity contribution in [3.8, 4) is 18.2 Å². The summed E-state index contributed by atoms with van der Waals surface area (Å²) in [5.41, 5.74) is 1.98. The molecule has 3 aromatic carbocycles. The second-order valence-corrected chi connectivity index (χ2v) is 13.5. The summed E-state index contributed by atoms with van der Waals surface area (Å²) < 4.78 is 0. The Labute approximate surface area is 177 Å². The molecule has 4 rings (SSSR count). The molecule has 0 bridgehead atoms. The van der Waals surface area contributed by atoms with Crippen LogP contribution in [-0.2, 0) is 0 Å². The van der Waals surface area contributed by atoms with Gasteiger partial charge in [0.15, 0.2) is 0 Å². The quantitative estimate of drug-likeness (QED) is 0.607. The summed E-state index contributed by atoms with van der Waals surface area (Å²) in [7, 11) is 0. The summed E-state index contributed by atoms with van der Waals surface area (Å²) in [4.78, 5) is 0. The standard InChI is InChI=1S/C26H22N3P/c27-18-21-4-10-24(11-5-21)30(16-2-1-3-17-30,25-12-6-22(19-28)7-13-25)26-14-8-23(20-29)9-15-26/h4-15H,1-3,16-17H2. The van der Waals surface area contributed by atoms with Crippen molar-refractivity contribution in [2.24, 2.45) is 0 Å². The van der Waals surface area contributed by atoms with Crippen molar-refractivity contribution in [2.75, 3.05) is 12.3 Å². The molecule has 1 aliphatic rings. The van der Waals surface area contributed by atoms with Crippen molar-refractivity contribution < 1.29 is 0 Å². The van der Waals surface area contributed by atoms with Crippen LogP contribution >= 0.6 is 6.60 Å². The molecule has 0 aliphatic carbocycles.